The van der Waals surface area contributed by atoms with E-state index in [1.165, 1.54) is 0 Å². The Bertz CT molecular complexity index is 942. The minimum absolute atomic E-state index is 0.150. The second-order valence-corrected chi connectivity index (χ2v) is 6.34. The third-order valence-corrected chi connectivity index (χ3v) is 3.93. The smallest absolute Gasteiger partial charge is 0.276 e. The van der Waals surface area contributed by atoms with E-state index in [9.17, 15) is 9.59 Å². The Balaban J connectivity index is 1.90. The molecule has 0 atom stereocenters. The van der Waals surface area contributed by atoms with Gasteiger partial charge in [0.2, 0.25) is 5.91 Å². The molecule has 140 valence electrons. The van der Waals surface area contributed by atoms with E-state index >= 15 is 0 Å². The summed E-state index contributed by atoms with van der Waals surface area (Å²) < 4.78 is 3.26. The van der Waals surface area contributed by atoms with Crippen LogP contribution in [0.15, 0.2) is 48.8 Å². The van der Waals surface area contributed by atoms with Gasteiger partial charge in [0.15, 0.2) is 5.69 Å². The molecule has 0 saturated heterocycles. The van der Waals surface area contributed by atoms with Crippen molar-refractivity contribution in [2.45, 2.75) is 27.3 Å². The minimum Gasteiger partial charge on any atom is -0.318 e. The molecule has 0 bridgehead atoms. The fourth-order valence-corrected chi connectivity index (χ4v) is 2.41. The third-order valence-electron chi connectivity index (χ3n) is 3.93. The lowest BCUT2D eigenvalue weighted by Crippen LogP contribution is -2.19. The molecule has 0 aliphatic rings. The van der Waals surface area contributed by atoms with Crippen molar-refractivity contribution in [3.05, 3.63) is 54.5 Å². The Morgan fingerprint density at radius 3 is 2.52 bits per heavy atom. The largest absolute Gasteiger partial charge is 0.318 e. The standard InChI is InChI=1S/C19H22N6O2/c1-4-24-12-14(11-20-24)21-19(27)16-10-17(22-18(26)13(2)3)25(23-16)15-8-6-5-7-9-15/h5-13H,4H2,1-3H3,(H,21,27)(H,22,26). The van der Waals surface area contributed by atoms with Gasteiger partial charge >= 0.3 is 0 Å². The summed E-state index contributed by atoms with van der Waals surface area (Å²) in [4.78, 5) is 24.7. The van der Waals surface area contributed by atoms with Gasteiger partial charge in [-0.05, 0) is 19.1 Å². The van der Waals surface area contributed by atoms with Gasteiger partial charge in [0.25, 0.3) is 5.91 Å². The van der Waals surface area contributed by atoms with E-state index in [-0.39, 0.29) is 23.4 Å². The molecule has 3 rings (SSSR count). The van der Waals surface area contributed by atoms with Crippen LogP contribution in [0, 0.1) is 5.92 Å². The summed E-state index contributed by atoms with van der Waals surface area (Å²) in [5.41, 5.74) is 1.53. The first-order valence-electron chi connectivity index (χ1n) is 8.78. The summed E-state index contributed by atoms with van der Waals surface area (Å²) in [5.74, 6) is -0.278. The molecule has 8 nitrogen and oxygen atoms in total. The van der Waals surface area contributed by atoms with Crippen LogP contribution in [-0.2, 0) is 11.3 Å². The van der Waals surface area contributed by atoms with E-state index in [1.54, 1.807) is 41.7 Å². The van der Waals surface area contributed by atoms with E-state index in [4.69, 9.17) is 0 Å². The highest BCUT2D eigenvalue weighted by Gasteiger charge is 2.18. The van der Waals surface area contributed by atoms with Gasteiger partial charge in [0, 0.05) is 24.7 Å². The van der Waals surface area contributed by atoms with E-state index in [0.717, 1.165) is 5.69 Å². The Hall–Kier alpha value is -3.42. The zero-order chi connectivity index (χ0) is 19.4. The van der Waals surface area contributed by atoms with Crippen LogP contribution in [0.4, 0.5) is 11.5 Å². The van der Waals surface area contributed by atoms with Gasteiger partial charge in [-0.3, -0.25) is 14.3 Å². The third kappa shape index (κ3) is 4.22. The monoisotopic (exact) mass is 366 g/mol. The zero-order valence-electron chi connectivity index (χ0n) is 15.5. The lowest BCUT2D eigenvalue weighted by Gasteiger charge is -2.10. The second-order valence-electron chi connectivity index (χ2n) is 6.34. The fourth-order valence-electron chi connectivity index (χ4n) is 2.41. The molecule has 0 spiro atoms. The van der Waals surface area contributed by atoms with Gasteiger partial charge in [0.05, 0.1) is 17.6 Å². The quantitative estimate of drug-likeness (QED) is 0.701. The Morgan fingerprint density at radius 1 is 1.15 bits per heavy atom. The number of para-hydroxylation sites is 1. The van der Waals surface area contributed by atoms with Crippen LogP contribution in [-0.4, -0.2) is 31.4 Å². The topological polar surface area (TPSA) is 93.8 Å². The number of aromatic nitrogens is 4. The van der Waals surface area contributed by atoms with Gasteiger partial charge in [-0.25, -0.2) is 4.68 Å². The lowest BCUT2D eigenvalue weighted by molar-refractivity contribution is -0.118. The van der Waals surface area contributed by atoms with Crippen LogP contribution in [0.25, 0.3) is 5.69 Å². The fraction of sp³-hybridized carbons (Fsp3) is 0.263. The predicted octanol–water partition coefficient (Wildman–Crippen LogP) is 2.94. The molecule has 0 fully saturated rings. The number of rotatable bonds is 6. The first kappa shape index (κ1) is 18.4. The van der Waals surface area contributed by atoms with E-state index in [0.29, 0.717) is 18.1 Å². The van der Waals surface area contributed by atoms with Crippen molar-refractivity contribution in [3.8, 4) is 5.69 Å². The number of hydrogen-bond donors (Lipinski definition) is 2. The molecule has 8 heteroatoms. The molecule has 0 saturated carbocycles. The second kappa shape index (κ2) is 7.86. The maximum absolute atomic E-state index is 12.6. The maximum atomic E-state index is 12.6. The number of carbonyl (C=O) groups excluding carboxylic acids is 2. The van der Waals surface area contributed by atoms with Gasteiger partial charge in [-0.1, -0.05) is 32.0 Å². The van der Waals surface area contributed by atoms with Crippen molar-refractivity contribution in [3.63, 3.8) is 0 Å². The number of amides is 2. The molecule has 3 aromatic rings. The summed E-state index contributed by atoms with van der Waals surface area (Å²) in [6.45, 7) is 6.28. The van der Waals surface area contributed by atoms with Crippen molar-refractivity contribution in [1.82, 2.24) is 19.6 Å². The summed E-state index contributed by atoms with van der Waals surface area (Å²) >= 11 is 0. The van der Waals surface area contributed by atoms with Crippen LogP contribution in [0.5, 0.6) is 0 Å². The van der Waals surface area contributed by atoms with Crippen molar-refractivity contribution < 1.29 is 9.59 Å². The average molecular weight is 366 g/mol. The molecule has 0 radical (unpaired) electrons. The Morgan fingerprint density at radius 2 is 1.89 bits per heavy atom. The number of nitrogens with zero attached hydrogens (tertiary/aromatic N) is 4. The predicted molar refractivity (Wildman–Crippen MR) is 103 cm³/mol. The number of aryl methyl sites for hydroxylation is 1. The highest BCUT2D eigenvalue weighted by molar-refractivity contribution is 6.04. The number of carbonyl (C=O) groups is 2. The number of hydrogen-bond acceptors (Lipinski definition) is 4. The normalized spacial score (nSPS) is 10.8. The molecule has 0 aliphatic heterocycles. The van der Waals surface area contributed by atoms with E-state index < -0.39 is 0 Å². The molecule has 2 amide bonds. The lowest BCUT2D eigenvalue weighted by atomic mass is 10.2. The minimum atomic E-state index is -0.375. The number of benzene rings is 1. The molecule has 1 aromatic carbocycles. The summed E-state index contributed by atoms with van der Waals surface area (Å²) in [5, 5.41) is 14.1. The van der Waals surface area contributed by atoms with Crippen molar-refractivity contribution in [1.29, 1.82) is 0 Å². The number of anilines is 2. The summed E-state index contributed by atoms with van der Waals surface area (Å²) in [6.07, 6.45) is 3.32. The SMILES string of the molecule is CCn1cc(NC(=O)c2cc(NC(=O)C(C)C)n(-c3ccccc3)n2)cn1. The van der Waals surface area contributed by atoms with Gasteiger partial charge in [-0.2, -0.15) is 10.2 Å². The number of nitrogens with one attached hydrogen (secondary N) is 2. The molecule has 0 aliphatic carbocycles. The maximum Gasteiger partial charge on any atom is 0.276 e. The first-order valence-corrected chi connectivity index (χ1v) is 8.78. The molecule has 0 unspecified atom stereocenters. The van der Waals surface area contributed by atoms with Crippen LogP contribution in [0.1, 0.15) is 31.3 Å². The van der Waals surface area contributed by atoms with Crippen LogP contribution in [0.2, 0.25) is 0 Å². The highest BCUT2D eigenvalue weighted by atomic mass is 16.2. The van der Waals surface area contributed by atoms with Crippen molar-refractivity contribution in [2.24, 2.45) is 5.92 Å². The molecule has 2 heterocycles. The average Bonchev–Trinajstić information content (AvgIpc) is 3.29. The molecule has 27 heavy (non-hydrogen) atoms. The van der Waals surface area contributed by atoms with Crippen LogP contribution >= 0.6 is 0 Å². The highest BCUT2D eigenvalue weighted by Crippen LogP contribution is 2.19. The Labute approximate surface area is 157 Å². The summed E-state index contributed by atoms with van der Waals surface area (Å²) in [7, 11) is 0. The molecule has 2 N–H and O–H groups in total. The molecule has 2 aromatic heterocycles. The summed E-state index contributed by atoms with van der Waals surface area (Å²) in [6, 6.07) is 10.9. The van der Waals surface area contributed by atoms with E-state index in [1.807, 2.05) is 37.3 Å². The van der Waals surface area contributed by atoms with Gasteiger partial charge < -0.3 is 10.6 Å². The first-order chi connectivity index (χ1) is 13.0. The Kier molecular flexibility index (Phi) is 5.35. The van der Waals surface area contributed by atoms with Crippen LogP contribution in [0.3, 0.4) is 0 Å². The van der Waals surface area contributed by atoms with Gasteiger partial charge in [0.1, 0.15) is 5.82 Å². The van der Waals surface area contributed by atoms with Crippen LogP contribution < -0.4 is 10.6 Å². The van der Waals surface area contributed by atoms with E-state index in [2.05, 4.69) is 20.8 Å². The molecular formula is C19H22N6O2. The van der Waals surface area contributed by atoms with Crippen molar-refractivity contribution >= 4 is 23.3 Å². The molecular weight excluding hydrogens is 344 g/mol. The zero-order valence-corrected chi connectivity index (χ0v) is 15.5. The van der Waals surface area contributed by atoms with Crippen molar-refractivity contribution in [2.75, 3.05) is 10.6 Å². The van der Waals surface area contributed by atoms with Gasteiger partial charge in [-0.15, -0.1) is 0 Å².